The molecule has 0 saturated carbocycles. The van der Waals surface area contributed by atoms with Crippen LogP contribution < -0.4 is 10.1 Å². The van der Waals surface area contributed by atoms with E-state index in [9.17, 15) is 13.2 Å². The van der Waals surface area contributed by atoms with E-state index in [0.717, 1.165) is 5.56 Å². The van der Waals surface area contributed by atoms with E-state index in [-0.39, 0.29) is 13.2 Å². The average Bonchev–Trinajstić information content (AvgIpc) is 2.28. The molecule has 1 N–H and O–H groups in total. The van der Waals surface area contributed by atoms with Gasteiger partial charge in [0.05, 0.1) is 13.2 Å². The molecule has 0 aromatic heterocycles. The quantitative estimate of drug-likeness (QED) is 0.766. The number of methoxy groups -OCH3 is 1. The number of hydrogen-bond acceptors (Lipinski definition) is 3. The zero-order valence-electron chi connectivity index (χ0n) is 10.1. The highest BCUT2D eigenvalue weighted by molar-refractivity contribution is 5.28. The summed E-state index contributed by atoms with van der Waals surface area (Å²) >= 11 is 0. The maximum Gasteiger partial charge on any atom is 0.401 e. The Balaban J connectivity index is 2.24. The van der Waals surface area contributed by atoms with Gasteiger partial charge in [-0.25, -0.2) is 0 Å². The van der Waals surface area contributed by atoms with Gasteiger partial charge in [-0.1, -0.05) is 12.1 Å². The summed E-state index contributed by atoms with van der Waals surface area (Å²) in [6.07, 6.45) is -4.18. The van der Waals surface area contributed by atoms with Crippen LogP contribution in [0, 0.1) is 0 Å². The fourth-order valence-corrected chi connectivity index (χ4v) is 1.36. The molecule has 0 atom stereocenters. The van der Waals surface area contributed by atoms with E-state index in [1.165, 1.54) is 0 Å². The smallest absolute Gasteiger partial charge is 0.401 e. The predicted molar refractivity (Wildman–Crippen MR) is 61.6 cm³/mol. The number of benzene rings is 1. The van der Waals surface area contributed by atoms with Crippen molar-refractivity contribution in [2.75, 3.05) is 26.8 Å². The van der Waals surface area contributed by atoms with Crippen molar-refractivity contribution in [3.8, 4) is 5.75 Å². The first-order valence-electron chi connectivity index (χ1n) is 5.49. The van der Waals surface area contributed by atoms with E-state index < -0.39 is 12.7 Å². The van der Waals surface area contributed by atoms with Crippen molar-refractivity contribution >= 4 is 0 Å². The molecule has 0 unspecified atom stereocenters. The highest BCUT2D eigenvalue weighted by Crippen LogP contribution is 2.14. The highest BCUT2D eigenvalue weighted by atomic mass is 19.4. The Morgan fingerprint density at radius 1 is 1.28 bits per heavy atom. The van der Waals surface area contributed by atoms with Crippen LogP contribution in [0.3, 0.4) is 0 Å². The van der Waals surface area contributed by atoms with Crippen molar-refractivity contribution in [3.05, 3.63) is 29.8 Å². The Bertz CT molecular complexity index is 355. The number of rotatable bonds is 7. The van der Waals surface area contributed by atoms with Gasteiger partial charge in [-0.15, -0.1) is 0 Å². The second kappa shape index (κ2) is 7.23. The Hall–Kier alpha value is -1.27. The van der Waals surface area contributed by atoms with Gasteiger partial charge in [0.15, 0.2) is 0 Å². The number of alkyl halides is 3. The standard InChI is InChI=1S/C12H16F3NO2/c1-17-8-10-3-2-4-11(7-10)18-6-5-16-9-12(13,14)15/h2-4,7,16H,5-6,8-9H2,1H3. The molecule has 0 fully saturated rings. The second-order valence-corrected chi connectivity index (χ2v) is 3.72. The summed E-state index contributed by atoms with van der Waals surface area (Å²) in [7, 11) is 1.59. The first-order valence-corrected chi connectivity index (χ1v) is 5.49. The van der Waals surface area contributed by atoms with Crippen molar-refractivity contribution in [1.82, 2.24) is 5.32 Å². The minimum atomic E-state index is -4.18. The van der Waals surface area contributed by atoms with Crippen molar-refractivity contribution in [3.63, 3.8) is 0 Å². The molecule has 0 bridgehead atoms. The molecule has 6 heteroatoms. The van der Waals surface area contributed by atoms with Crippen LogP contribution in [0.15, 0.2) is 24.3 Å². The van der Waals surface area contributed by atoms with E-state index in [1.807, 2.05) is 12.1 Å². The Morgan fingerprint density at radius 2 is 2.06 bits per heavy atom. The third-order valence-electron chi connectivity index (χ3n) is 2.08. The van der Waals surface area contributed by atoms with Crippen LogP contribution in [0.5, 0.6) is 5.75 Å². The Morgan fingerprint density at radius 3 is 2.72 bits per heavy atom. The van der Waals surface area contributed by atoms with Gasteiger partial charge in [-0.3, -0.25) is 0 Å². The largest absolute Gasteiger partial charge is 0.492 e. The maximum atomic E-state index is 11.8. The molecular weight excluding hydrogens is 247 g/mol. The van der Waals surface area contributed by atoms with Crippen molar-refractivity contribution in [2.24, 2.45) is 0 Å². The molecule has 0 spiro atoms. The zero-order valence-corrected chi connectivity index (χ0v) is 10.1. The minimum Gasteiger partial charge on any atom is -0.492 e. The van der Waals surface area contributed by atoms with Crippen LogP contribution in [0.2, 0.25) is 0 Å². The van der Waals surface area contributed by atoms with E-state index >= 15 is 0 Å². The average molecular weight is 263 g/mol. The minimum absolute atomic E-state index is 0.147. The van der Waals surface area contributed by atoms with E-state index in [0.29, 0.717) is 12.4 Å². The first kappa shape index (κ1) is 14.8. The summed E-state index contributed by atoms with van der Waals surface area (Å²) in [5.41, 5.74) is 0.957. The molecule has 0 aliphatic rings. The summed E-state index contributed by atoms with van der Waals surface area (Å²) in [5.74, 6) is 0.623. The van der Waals surface area contributed by atoms with Gasteiger partial charge in [-0.2, -0.15) is 13.2 Å². The van der Waals surface area contributed by atoms with E-state index in [1.54, 1.807) is 19.2 Å². The fraction of sp³-hybridized carbons (Fsp3) is 0.500. The van der Waals surface area contributed by atoms with Gasteiger partial charge in [-0.05, 0) is 17.7 Å². The van der Waals surface area contributed by atoms with Crippen molar-refractivity contribution in [1.29, 1.82) is 0 Å². The van der Waals surface area contributed by atoms with Gasteiger partial charge >= 0.3 is 6.18 Å². The molecule has 0 aliphatic heterocycles. The monoisotopic (exact) mass is 263 g/mol. The molecule has 1 aromatic carbocycles. The summed E-state index contributed by atoms with van der Waals surface area (Å²) < 4.78 is 45.8. The lowest BCUT2D eigenvalue weighted by atomic mass is 10.2. The van der Waals surface area contributed by atoms with Crippen LogP contribution in [0.1, 0.15) is 5.56 Å². The molecule has 0 amide bonds. The molecule has 102 valence electrons. The van der Waals surface area contributed by atoms with E-state index in [4.69, 9.17) is 9.47 Å². The van der Waals surface area contributed by atoms with Crippen LogP contribution in [-0.2, 0) is 11.3 Å². The van der Waals surface area contributed by atoms with Gasteiger partial charge in [0.1, 0.15) is 12.4 Å². The van der Waals surface area contributed by atoms with Crippen LogP contribution in [-0.4, -0.2) is 33.0 Å². The van der Waals surface area contributed by atoms with Gasteiger partial charge in [0, 0.05) is 13.7 Å². The van der Waals surface area contributed by atoms with Gasteiger partial charge < -0.3 is 14.8 Å². The molecule has 0 saturated heterocycles. The van der Waals surface area contributed by atoms with Crippen LogP contribution in [0.25, 0.3) is 0 Å². The summed E-state index contributed by atoms with van der Waals surface area (Å²) in [4.78, 5) is 0. The molecular formula is C12H16F3NO2. The predicted octanol–water partition coefficient (Wildman–Crippen LogP) is 2.36. The topological polar surface area (TPSA) is 30.5 Å². The number of hydrogen-bond donors (Lipinski definition) is 1. The van der Waals surface area contributed by atoms with Crippen LogP contribution >= 0.6 is 0 Å². The molecule has 18 heavy (non-hydrogen) atoms. The van der Waals surface area contributed by atoms with Gasteiger partial charge in [0.2, 0.25) is 0 Å². The summed E-state index contributed by atoms with van der Waals surface area (Å²) in [6, 6.07) is 7.25. The third kappa shape index (κ3) is 6.46. The lowest BCUT2D eigenvalue weighted by Crippen LogP contribution is -2.31. The molecule has 0 radical (unpaired) electrons. The van der Waals surface area contributed by atoms with E-state index in [2.05, 4.69) is 5.32 Å². The molecule has 0 aliphatic carbocycles. The lowest BCUT2D eigenvalue weighted by molar-refractivity contribution is -0.124. The van der Waals surface area contributed by atoms with Gasteiger partial charge in [0.25, 0.3) is 0 Å². The summed E-state index contributed by atoms with van der Waals surface area (Å²) in [5, 5.41) is 2.26. The molecule has 3 nitrogen and oxygen atoms in total. The van der Waals surface area contributed by atoms with Crippen molar-refractivity contribution < 1.29 is 22.6 Å². The SMILES string of the molecule is COCc1cccc(OCCNCC(F)(F)F)c1. The summed E-state index contributed by atoms with van der Waals surface area (Å²) in [6.45, 7) is -0.190. The number of halogens is 3. The molecule has 0 heterocycles. The first-order chi connectivity index (χ1) is 8.51. The Labute approximate surface area is 104 Å². The number of ether oxygens (including phenoxy) is 2. The second-order valence-electron chi connectivity index (χ2n) is 3.72. The highest BCUT2D eigenvalue weighted by Gasteiger charge is 2.25. The molecule has 1 rings (SSSR count). The van der Waals surface area contributed by atoms with Crippen LogP contribution in [0.4, 0.5) is 13.2 Å². The lowest BCUT2D eigenvalue weighted by Gasteiger charge is -2.10. The normalized spacial score (nSPS) is 11.6. The maximum absolute atomic E-state index is 11.8. The molecule has 1 aromatic rings. The number of nitrogens with one attached hydrogen (secondary N) is 1. The van der Waals surface area contributed by atoms with Crippen molar-refractivity contribution in [2.45, 2.75) is 12.8 Å². The fourth-order valence-electron chi connectivity index (χ4n) is 1.36. The zero-order chi connectivity index (χ0) is 13.4. The Kier molecular flexibility index (Phi) is 5.94. The third-order valence-corrected chi connectivity index (χ3v) is 2.08.